The summed E-state index contributed by atoms with van der Waals surface area (Å²) in [6.07, 6.45) is 0.906. The molecule has 0 aromatic heterocycles. The van der Waals surface area contributed by atoms with Gasteiger partial charge in [0.15, 0.2) is 0 Å². The second-order valence-corrected chi connectivity index (χ2v) is 6.64. The number of primary amides is 1. The molecule has 2 N–H and O–H groups in total. The Kier molecular flexibility index (Phi) is 5.29. The number of benzene rings is 1. The third-order valence-electron chi connectivity index (χ3n) is 4.20. The number of hydrogen-bond acceptors (Lipinski definition) is 4. The molecule has 1 aliphatic rings. The Morgan fingerprint density at radius 1 is 1.18 bits per heavy atom. The van der Waals surface area contributed by atoms with Crippen molar-refractivity contribution in [3.63, 3.8) is 0 Å². The van der Waals surface area contributed by atoms with Crippen molar-refractivity contribution in [3.05, 3.63) is 29.8 Å². The quantitative estimate of drug-likeness (QED) is 0.906. The lowest BCUT2D eigenvalue weighted by Crippen LogP contribution is -2.44. The number of nitrogens with two attached hydrogens (primary N) is 1. The minimum Gasteiger partial charge on any atom is -0.444 e. The summed E-state index contributed by atoms with van der Waals surface area (Å²) in [7, 11) is 2.16. The van der Waals surface area contributed by atoms with Gasteiger partial charge in [0, 0.05) is 31.9 Å². The Balaban J connectivity index is 1.88. The number of hydrogen-bond donors (Lipinski definition) is 1. The van der Waals surface area contributed by atoms with E-state index in [1.165, 1.54) is 11.3 Å². The number of carbonyl (C=O) groups excluding carboxylic acids is 1. The number of ether oxygens (including phenoxy) is 1. The van der Waals surface area contributed by atoms with Crippen LogP contribution in [0.1, 0.15) is 25.8 Å². The molecular weight excluding hydrogens is 278 g/mol. The molecule has 5 heteroatoms. The maximum absolute atomic E-state index is 10.9. The molecule has 1 aliphatic heterocycles. The Morgan fingerprint density at radius 2 is 1.77 bits per heavy atom. The van der Waals surface area contributed by atoms with Gasteiger partial charge in [-0.1, -0.05) is 12.1 Å². The fourth-order valence-corrected chi connectivity index (χ4v) is 2.71. The molecular formula is C17H27N3O2. The van der Waals surface area contributed by atoms with E-state index in [0.717, 1.165) is 39.0 Å². The number of likely N-dealkylation sites (N-methyl/N-ethyl adjacent to an activating group) is 1. The van der Waals surface area contributed by atoms with Crippen LogP contribution in [0.5, 0.6) is 0 Å². The Bertz CT molecular complexity index is 491. The summed E-state index contributed by atoms with van der Waals surface area (Å²) in [5.74, 6) is 0. The fraction of sp³-hybridized carbons (Fsp3) is 0.588. The molecule has 1 saturated heterocycles. The maximum atomic E-state index is 10.9. The highest BCUT2D eigenvalue weighted by Gasteiger charge is 2.21. The average Bonchev–Trinajstić information content (AvgIpc) is 2.45. The van der Waals surface area contributed by atoms with Gasteiger partial charge in [0.05, 0.1) is 0 Å². The summed E-state index contributed by atoms with van der Waals surface area (Å²) in [6.45, 7) is 8.15. The van der Waals surface area contributed by atoms with Crippen molar-refractivity contribution < 1.29 is 9.53 Å². The van der Waals surface area contributed by atoms with E-state index in [9.17, 15) is 4.79 Å². The minimum absolute atomic E-state index is 0.526. The van der Waals surface area contributed by atoms with Gasteiger partial charge >= 0.3 is 6.09 Å². The molecule has 0 unspecified atom stereocenters. The zero-order chi connectivity index (χ0) is 16.2. The lowest BCUT2D eigenvalue weighted by molar-refractivity contribution is 0.0394. The largest absolute Gasteiger partial charge is 0.444 e. The molecule has 22 heavy (non-hydrogen) atoms. The molecule has 2 rings (SSSR count). The average molecular weight is 305 g/mol. The van der Waals surface area contributed by atoms with Crippen molar-refractivity contribution in [2.45, 2.75) is 32.3 Å². The fourth-order valence-electron chi connectivity index (χ4n) is 2.71. The van der Waals surface area contributed by atoms with E-state index in [1.807, 2.05) is 13.8 Å². The third kappa shape index (κ3) is 4.91. The number of aryl methyl sites for hydroxylation is 1. The van der Waals surface area contributed by atoms with Crippen LogP contribution in [0.2, 0.25) is 0 Å². The highest BCUT2D eigenvalue weighted by molar-refractivity contribution is 5.65. The van der Waals surface area contributed by atoms with Crippen LogP contribution < -0.4 is 10.6 Å². The van der Waals surface area contributed by atoms with Gasteiger partial charge in [-0.2, -0.15) is 0 Å². The molecule has 1 aromatic rings. The molecule has 122 valence electrons. The standard InChI is InChI=1S/C17H27N3O2/c1-17(2,22-16(18)21)9-8-14-4-6-15(7-5-14)20-12-10-19(3)11-13-20/h4-7H,8-13H2,1-3H3,(H2,18,21). The summed E-state index contributed by atoms with van der Waals surface area (Å²) in [6, 6.07) is 8.69. The van der Waals surface area contributed by atoms with Gasteiger partial charge in [0.2, 0.25) is 0 Å². The molecule has 1 amide bonds. The van der Waals surface area contributed by atoms with Gasteiger partial charge < -0.3 is 20.3 Å². The zero-order valence-corrected chi connectivity index (χ0v) is 13.8. The summed E-state index contributed by atoms with van der Waals surface area (Å²) in [5, 5.41) is 0. The summed E-state index contributed by atoms with van der Waals surface area (Å²) in [5.41, 5.74) is 7.09. The second kappa shape index (κ2) is 7.01. The van der Waals surface area contributed by atoms with Gasteiger partial charge in [-0.3, -0.25) is 0 Å². The molecule has 1 heterocycles. The van der Waals surface area contributed by atoms with Crippen LogP contribution in [0.4, 0.5) is 10.5 Å². The smallest absolute Gasteiger partial charge is 0.405 e. The van der Waals surface area contributed by atoms with Crippen molar-refractivity contribution in [2.75, 3.05) is 38.1 Å². The number of nitrogens with zero attached hydrogens (tertiary/aromatic N) is 2. The van der Waals surface area contributed by atoms with Gasteiger partial charge in [0.1, 0.15) is 5.60 Å². The molecule has 1 fully saturated rings. The van der Waals surface area contributed by atoms with Crippen molar-refractivity contribution in [1.82, 2.24) is 4.90 Å². The number of amides is 1. The topological polar surface area (TPSA) is 58.8 Å². The Labute approximate surface area is 133 Å². The highest BCUT2D eigenvalue weighted by Crippen LogP contribution is 2.21. The van der Waals surface area contributed by atoms with E-state index in [4.69, 9.17) is 10.5 Å². The van der Waals surface area contributed by atoms with Gasteiger partial charge in [0.25, 0.3) is 0 Å². The van der Waals surface area contributed by atoms with Crippen molar-refractivity contribution in [1.29, 1.82) is 0 Å². The van der Waals surface area contributed by atoms with E-state index in [1.54, 1.807) is 0 Å². The predicted molar refractivity (Wildman–Crippen MR) is 89.2 cm³/mol. The molecule has 0 bridgehead atoms. The summed E-state index contributed by atoms with van der Waals surface area (Å²) < 4.78 is 5.11. The maximum Gasteiger partial charge on any atom is 0.405 e. The monoisotopic (exact) mass is 305 g/mol. The van der Waals surface area contributed by atoms with Crippen LogP contribution in [0.25, 0.3) is 0 Å². The number of rotatable bonds is 5. The molecule has 1 aromatic carbocycles. The molecule has 0 spiro atoms. The van der Waals surface area contributed by atoms with E-state index in [0.29, 0.717) is 0 Å². The van der Waals surface area contributed by atoms with E-state index >= 15 is 0 Å². The van der Waals surface area contributed by atoms with Crippen molar-refractivity contribution in [2.24, 2.45) is 5.73 Å². The van der Waals surface area contributed by atoms with Crippen LogP contribution in [0.15, 0.2) is 24.3 Å². The van der Waals surface area contributed by atoms with Crippen LogP contribution in [-0.4, -0.2) is 49.8 Å². The lowest BCUT2D eigenvalue weighted by atomic mass is 9.98. The first kappa shape index (κ1) is 16.6. The first-order valence-corrected chi connectivity index (χ1v) is 7.87. The van der Waals surface area contributed by atoms with Gasteiger partial charge in [-0.05, 0) is 51.4 Å². The zero-order valence-electron chi connectivity index (χ0n) is 13.8. The van der Waals surface area contributed by atoms with Crippen molar-refractivity contribution >= 4 is 11.8 Å². The predicted octanol–water partition coefficient (Wildman–Crippen LogP) is 2.24. The van der Waals surface area contributed by atoms with Gasteiger partial charge in [-0.25, -0.2) is 4.79 Å². The molecule has 0 saturated carbocycles. The molecule has 0 radical (unpaired) electrons. The van der Waals surface area contributed by atoms with E-state index < -0.39 is 11.7 Å². The van der Waals surface area contributed by atoms with Crippen LogP contribution in [0.3, 0.4) is 0 Å². The van der Waals surface area contributed by atoms with Crippen LogP contribution in [-0.2, 0) is 11.2 Å². The summed E-state index contributed by atoms with van der Waals surface area (Å²) >= 11 is 0. The van der Waals surface area contributed by atoms with Crippen molar-refractivity contribution in [3.8, 4) is 0 Å². The van der Waals surface area contributed by atoms with Gasteiger partial charge in [-0.15, -0.1) is 0 Å². The Morgan fingerprint density at radius 3 is 2.32 bits per heavy atom. The highest BCUT2D eigenvalue weighted by atomic mass is 16.6. The molecule has 0 atom stereocenters. The Hall–Kier alpha value is -1.75. The number of anilines is 1. The lowest BCUT2D eigenvalue weighted by Gasteiger charge is -2.34. The summed E-state index contributed by atoms with van der Waals surface area (Å²) in [4.78, 5) is 15.6. The second-order valence-electron chi connectivity index (χ2n) is 6.64. The first-order chi connectivity index (χ1) is 10.4. The third-order valence-corrected chi connectivity index (χ3v) is 4.20. The minimum atomic E-state index is -0.713. The normalized spacial score (nSPS) is 16.6. The van der Waals surface area contributed by atoms with E-state index in [-0.39, 0.29) is 0 Å². The number of carbonyl (C=O) groups is 1. The first-order valence-electron chi connectivity index (χ1n) is 7.87. The SMILES string of the molecule is CN1CCN(c2ccc(CCC(C)(C)OC(N)=O)cc2)CC1. The molecule has 0 aliphatic carbocycles. The molecule has 5 nitrogen and oxygen atoms in total. The van der Waals surface area contributed by atoms with Crippen LogP contribution in [0, 0.1) is 0 Å². The van der Waals surface area contributed by atoms with Crippen LogP contribution >= 0.6 is 0 Å². The number of piperazine rings is 1. The van der Waals surface area contributed by atoms with E-state index in [2.05, 4.69) is 41.1 Å².